The lowest BCUT2D eigenvalue weighted by Gasteiger charge is -2.33. The Labute approximate surface area is 222 Å². The van der Waals surface area contributed by atoms with Crippen LogP contribution in [0.2, 0.25) is 5.02 Å². The van der Waals surface area contributed by atoms with Crippen LogP contribution >= 0.6 is 11.6 Å². The van der Waals surface area contributed by atoms with E-state index in [1.165, 1.54) is 18.7 Å². The second-order valence-electron chi connectivity index (χ2n) is 9.31. The number of carbonyl (C=O) groups excluding carboxylic acids is 1. The number of nitrogens with one attached hydrogen (secondary N) is 1. The summed E-state index contributed by atoms with van der Waals surface area (Å²) in [7, 11) is 0.0297. The quantitative estimate of drug-likeness (QED) is 0.430. The van der Waals surface area contributed by atoms with Gasteiger partial charge in [-0.05, 0) is 67.0 Å². The monoisotopic (exact) mass is 542 g/mol. The van der Waals surface area contributed by atoms with E-state index in [4.69, 9.17) is 21.6 Å². The van der Waals surface area contributed by atoms with E-state index in [0.29, 0.717) is 40.3 Å². The lowest BCUT2D eigenvalue weighted by molar-refractivity contribution is -0.139. The van der Waals surface area contributed by atoms with Gasteiger partial charge in [-0.2, -0.15) is 4.98 Å². The number of benzene rings is 2. The van der Waals surface area contributed by atoms with Crippen LogP contribution in [-0.4, -0.2) is 46.1 Å². The number of ether oxygens (including phenoxy) is 1. The van der Waals surface area contributed by atoms with Crippen molar-refractivity contribution >= 4 is 45.8 Å². The zero-order valence-electron chi connectivity index (χ0n) is 20.5. The summed E-state index contributed by atoms with van der Waals surface area (Å²) < 4.78 is 32.5. The van der Waals surface area contributed by atoms with E-state index in [-0.39, 0.29) is 12.1 Å². The smallest absolute Gasteiger partial charge is 0.309 e. The highest BCUT2D eigenvalue weighted by atomic mass is 35.5. The fraction of sp³-hybridized carbons (Fsp3) is 0.370. The number of methoxy groups -OCH3 is 1. The van der Waals surface area contributed by atoms with Gasteiger partial charge in [0.2, 0.25) is 5.95 Å². The van der Waals surface area contributed by atoms with Gasteiger partial charge in [-0.1, -0.05) is 29.8 Å². The molecule has 1 fully saturated rings. The zero-order valence-corrected chi connectivity index (χ0v) is 22.1. The third kappa shape index (κ3) is 5.78. The standard InChI is InChI=1S/C27H28ClFN4O3S/c1-36-24(34)16-17-4-9-22(21(29)15-17)30-26-25-23(3-2-14-37(25)35)31-27(32-26)33-12-10-19(11-13-33)18-5-7-20(28)8-6-18/h4-9,15,19H,2-3,10-14,16H2,1H3,(H,30,31,32). The number of anilines is 3. The molecule has 0 bridgehead atoms. The molecule has 0 spiro atoms. The normalized spacial score (nSPS) is 17.8. The minimum Gasteiger partial charge on any atom is -0.469 e. The number of fused-ring (bicyclic) bond motifs is 1. The highest BCUT2D eigenvalue weighted by Crippen LogP contribution is 2.34. The van der Waals surface area contributed by atoms with Gasteiger partial charge in [-0.25, -0.2) is 9.37 Å². The molecule has 7 nitrogen and oxygen atoms in total. The third-order valence-corrected chi connectivity index (χ3v) is 8.67. The number of esters is 1. The van der Waals surface area contributed by atoms with Crippen LogP contribution in [0.3, 0.4) is 0 Å². The van der Waals surface area contributed by atoms with E-state index in [1.54, 1.807) is 12.1 Å². The van der Waals surface area contributed by atoms with Crippen molar-refractivity contribution in [3.8, 4) is 0 Å². The Hall–Kier alpha value is -3.04. The van der Waals surface area contributed by atoms with Gasteiger partial charge in [-0.3, -0.25) is 9.00 Å². The lowest BCUT2D eigenvalue weighted by Crippen LogP contribution is -2.35. The first-order valence-corrected chi connectivity index (χ1v) is 14.0. The summed E-state index contributed by atoms with van der Waals surface area (Å²) in [4.78, 5) is 23.8. The molecular formula is C27H28ClFN4O3S. The van der Waals surface area contributed by atoms with Crippen molar-refractivity contribution in [1.82, 2.24) is 9.97 Å². The molecule has 1 N–H and O–H groups in total. The molecule has 2 aromatic carbocycles. The molecular weight excluding hydrogens is 515 g/mol. The minimum absolute atomic E-state index is 0.0171. The van der Waals surface area contributed by atoms with Gasteiger partial charge in [0, 0.05) is 23.9 Å². The Balaban J connectivity index is 1.39. The Morgan fingerprint density at radius 1 is 1.19 bits per heavy atom. The Morgan fingerprint density at radius 2 is 1.95 bits per heavy atom. The van der Waals surface area contributed by atoms with Crippen molar-refractivity contribution in [2.24, 2.45) is 0 Å². The molecule has 1 atom stereocenters. The number of halogens is 2. The average Bonchev–Trinajstić information content (AvgIpc) is 2.90. The number of nitrogens with zero attached hydrogens (tertiary/aromatic N) is 3. The highest BCUT2D eigenvalue weighted by molar-refractivity contribution is 7.85. The van der Waals surface area contributed by atoms with Crippen molar-refractivity contribution in [3.05, 3.63) is 70.1 Å². The molecule has 5 rings (SSSR count). The van der Waals surface area contributed by atoms with Crippen LogP contribution in [0.1, 0.15) is 42.0 Å². The van der Waals surface area contributed by atoms with E-state index in [0.717, 1.165) is 43.1 Å². The second kappa shape index (κ2) is 11.1. The van der Waals surface area contributed by atoms with Gasteiger partial charge >= 0.3 is 5.97 Å². The molecule has 194 valence electrons. The van der Waals surface area contributed by atoms with Crippen LogP contribution in [0.5, 0.6) is 0 Å². The van der Waals surface area contributed by atoms with Gasteiger partial charge in [-0.15, -0.1) is 0 Å². The van der Waals surface area contributed by atoms with E-state index < -0.39 is 22.6 Å². The fourth-order valence-electron chi connectivity index (χ4n) is 4.88. The average molecular weight is 543 g/mol. The molecule has 3 heterocycles. The van der Waals surface area contributed by atoms with E-state index >= 15 is 0 Å². The molecule has 2 aliphatic rings. The maximum atomic E-state index is 15.0. The van der Waals surface area contributed by atoms with E-state index in [2.05, 4.69) is 27.1 Å². The van der Waals surface area contributed by atoms with Gasteiger partial charge in [0.15, 0.2) is 5.82 Å². The van der Waals surface area contributed by atoms with E-state index in [1.807, 2.05) is 12.1 Å². The molecule has 1 saturated heterocycles. The van der Waals surface area contributed by atoms with Gasteiger partial charge in [0.25, 0.3) is 0 Å². The molecule has 2 aliphatic heterocycles. The number of piperidine rings is 1. The molecule has 0 aliphatic carbocycles. The van der Waals surface area contributed by atoms with Crippen molar-refractivity contribution in [2.45, 2.75) is 42.9 Å². The second-order valence-corrected chi connectivity index (χ2v) is 11.3. The van der Waals surface area contributed by atoms with Crippen molar-refractivity contribution < 1.29 is 18.1 Å². The summed E-state index contributed by atoms with van der Waals surface area (Å²) in [5.74, 6) is 0.937. The summed E-state index contributed by atoms with van der Waals surface area (Å²) >= 11 is 6.04. The van der Waals surface area contributed by atoms with Gasteiger partial charge in [0.1, 0.15) is 10.7 Å². The van der Waals surface area contributed by atoms with E-state index in [9.17, 15) is 13.4 Å². The number of hydrogen-bond donors (Lipinski definition) is 1. The van der Waals surface area contributed by atoms with Crippen LogP contribution in [0.4, 0.5) is 21.8 Å². The molecule has 0 saturated carbocycles. The topological polar surface area (TPSA) is 84.4 Å². The number of aryl methyl sites for hydroxylation is 1. The molecule has 10 heteroatoms. The van der Waals surface area contributed by atoms with Gasteiger partial charge < -0.3 is 15.0 Å². The first-order valence-electron chi connectivity index (χ1n) is 12.3. The maximum Gasteiger partial charge on any atom is 0.309 e. The molecule has 0 amide bonds. The van der Waals surface area contributed by atoms with Crippen LogP contribution in [0.25, 0.3) is 0 Å². The predicted molar refractivity (Wildman–Crippen MR) is 143 cm³/mol. The number of hydrogen-bond acceptors (Lipinski definition) is 7. The molecule has 1 aromatic heterocycles. The predicted octanol–water partition coefficient (Wildman–Crippen LogP) is 5.17. The van der Waals surface area contributed by atoms with Crippen LogP contribution in [0, 0.1) is 5.82 Å². The maximum absolute atomic E-state index is 15.0. The van der Waals surface area contributed by atoms with Gasteiger partial charge in [0.05, 0.1) is 35.7 Å². The summed E-state index contributed by atoms with van der Waals surface area (Å²) in [6, 6.07) is 12.5. The van der Waals surface area contributed by atoms with Crippen molar-refractivity contribution in [3.63, 3.8) is 0 Å². The third-order valence-electron chi connectivity index (χ3n) is 6.88. The highest BCUT2D eigenvalue weighted by Gasteiger charge is 2.28. The number of aromatic nitrogens is 2. The van der Waals surface area contributed by atoms with Crippen molar-refractivity contribution in [2.75, 3.05) is 36.2 Å². The minimum atomic E-state index is -1.27. The SMILES string of the molecule is COC(=O)Cc1ccc(Nc2nc(N3CCC(c4ccc(Cl)cc4)CC3)nc3c2S(=O)CCC3)c(F)c1. The molecule has 1 unspecified atom stereocenters. The molecule has 37 heavy (non-hydrogen) atoms. The summed E-state index contributed by atoms with van der Waals surface area (Å²) in [6.07, 6.45) is 3.37. The number of rotatable bonds is 6. The Kier molecular flexibility index (Phi) is 7.71. The summed E-state index contributed by atoms with van der Waals surface area (Å²) in [6.45, 7) is 1.57. The Bertz CT molecular complexity index is 1330. The lowest BCUT2D eigenvalue weighted by atomic mass is 9.89. The Morgan fingerprint density at radius 3 is 2.65 bits per heavy atom. The first kappa shape index (κ1) is 25.6. The van der Waals surface area contributed by atoms with Crippen LogP contribution in [0.15, 0.2) is 47.4 Å². The fourth-order valence-corrected chi connectivity index (χ4v) is 6.34. The summed E-state index contributed by atoms with van der Waals surface area (Å²) in [5, 5.41) is 3.80. The first-order chi connectivity index (χ1) is 17.9. The molecule has 0 radical (unpaired) electrons. The summed E-state index contributed by atoms with van der Waals surface area (Å²) in [5.41, 5.74) is 2.73. The molecule has 3 aromatic rings. The number of carbonyl (C=O) groups is 1. The largest absolute Gasteiger partial charge is 0.469 e. The van der Waals surface area contributed by atoms with Crippen molar-refractivity contribution in [1.29, 1.82) is 0 Å². The zero-order chi connectivity index (χ0) is 25.9. The van der Waals surface area contributed by atoms with Crippen LogP contribution < -0.4 is 10.2 Å². The van der Waals surface area contributed by atoms with Crippen LogP contribution in [-0.2, 0) is 33.2 Å².